The monoisotopic (exact) mass is 345 g/mol. The molecular formula is C14H19NO7S. The van der Waals surface area contributed by atoms with Crippen LogP contribution in [0.2, 0.25) is 0 Å². The summed E-state index contributed by atoms with van der Waals surface area (Å²) in [5.74, 6) is 1.06. The lowest BCUT2D eigenvalue weighted by Gasteiger charge is -2.15. The van der Waals surface area contributed by atoms with Gasteiger partial charge < -0.3 is 14.2 Å². The first-order valence-electron chi connectivity index (χ1n) is 6.88. The van der Waals surface area contributed by atoms with Crippen molar-refractivity contribution in [3.63, 3.8) is 0 Å². The smallest absolute Gasteiger partial charge is 0.414 e. The molecule has 0 saturated carbocycles. The van der Waals surface area contributed by atoms with Crippen molar-refractivity contribution in [3.8, 4) is 11.5 Å². The summed E-state index contributed by atoms with van der Waals surface area (Å²) >= 11 is 0. The van der Waals surface area contributed by atoms with E-state index in [0.717, 1.165) is 6.26 Å². The minimum Gasteiger partial charge on any atom is -0.493 e. The van der Waals surface area contributed by atoms with Crippen LogP contribution in [0.15, 0.2) is 18.2 Å². The zero-order chi connectivity index (χ0) is 17.0. The normalized spacial score (nSPS) is 18.0. The van der Waals surface area contributed by atoms with Crippen molar-refractivity contribution < 1.29 is 31.6 Å². The Balaban J connectivity index is 2.03. The highest BCUT2D eigenvalue weighted by molar-refractivity contribution is 7.85. The first-order valence-corrected chi connectivity index (χ1v) is 8.70. The number of anilines is 1. The number of rotatable bonds is 7. The zero-order valence-electron chi connectivity index (χ0n) is 13.1. The Bertz CT molecular complexity index is 674. The van der Waals surface area contributed by atoms with E-state index in [4.69, 9.17) is 14.2 Å². The molecule has 0 bridgehead atoms. The molecule has 1 aromatic carbocycles. The van der Waals surface area contributed by atoms with Gasteiger partial charge in [0.2, 0.25) is 0 Å². The van der Waals surface area contributed by atoms with Crippen LogP contribution in [0.1, 0.15) is 6.42 Å². The van der Waals surface area contributed by atoms with Crippen LogP contribution >= 0.6 is 0 Å². The van der Waals surface area contributed by atoms with Gasteiger partial charge in [0, 0.05) is 12.5 Å². The number of benzene rings is 1. The topological polar surface area (TPSA) is 91.4 Å². The van der Waals surface area contributed by atoms with E-state index in [1.54, 1.807) is 18.2 Å². The molecule has 0 radical (unpaired) electrons. The molecule has 0 spiro atoms. The molecule has 1 heterocycles. The molecule has 1 aromatic rings. The standard InChI is InChI=1S/C14H19NO7S/c1-19-12-5-4-10(8-13(12)20-2)15-9-11(22-14(15)16)6-7-21-23(3,17)18/h4-5,8,11H,6-7,9H2,1-3H3. The summed E-state index contributed by atoms with van der Waals surface area (Å²) in [7, 11) is -0.460. The molecular weight excluding hydrogens is 326 g/mol. The van der Waals surface area contributed by atoms with E-state index in [-0.39, 0.29) is 6.61 Å². The molecule has 0 aliphatic carbocycles. The summed E-state index contributed by atoms with van der Waals surface area (Å²) in [5.41, 5.74) is 0.610. The largest absolute Gasteiger partial charge is 0.493 e. The van der Waals surface area contributed by atoms with E-state index in [0.29, 0.717) is 30.2 Å². The molecule has 1 atom stereocenters. The van der Waals surface area contributed by atoms with Crippen molar-refractivity contribution in [3.05, 3.63) is 18.2 Å². The maximum atomic E-state index is 12.0. The van der Waals surface area contributed by atoms with E-state index >= 15 is 0 Å². The molecule has 0 N–H and O–H groups in total. The number of hydrogen-bond donors (Lipinski definition) is 0. The van der Waals surface area contributed by atoms with Crippen LogP contribution in [0.5, 0.6) is 11.5 Å². The molecule has 23 heavy (non-hydrogen) atoms. The summed E-state index contributed by atoms with van der Waals surface area (Å²) in [4.78, 5) is 13.4. The Morgan fingerprint density at radius 3 is 2.57 bits per heavy atom. The molecule has 8 nitrogen and oxygen atoms in total. The van der Waals surface area contributed by atoms with Gasteiger partial charge in [-0.25, -0.2) is 4.79 Å². The van der Waals surface area contributed by atoms with Gasteiger partial charge in [-0.2, -0.15) is 8.42 Å². The highest BCUT2D eigenvalue weighted by atomic mass is 32.2. The molecule has 1 saturated heterocycles. The summed E-state index contributed by atoms with van der Waals surface area (Å²) in [6.07, 6.45) is 0.338. The predicted octanol–water partition coefficient (Wildman–Crippen LogP) is 1.40. The first-order chi connectivity index (χ1) is 10.8. The number of ether oxygens (including phenoxy) is 3. The Hall–Kier alpha value is -2.00. The SMILES string of the molecule is COc1ccc(N2CC(CCOS(C)(=O)=O)OC2=O)cc1OC. The number of cyclic esters (lactones) is 1. The fourth-order valence-electron chi connectivity index (χ4n) is 2.21. The van der Waals surface area contributed by atoms with Gasteiger partial charge in [-0.1, -0.05) is 0 Å². The number of methoxy groups -OCH3 is 2. The third-order valence-corrected chi connectivity index (χ3v) is 3.88. The number of amides is 1. The van der Waals surface area contributed by atoms with Gasteiger partial charge in [0.05, 0.1) is 39.3 Å². The molecule has 1 amide bonds. The Labute approximate surface area is 135 Å². The van der Waals surface area contributed by atoms with Gasteiger partial charge in [-0.05, 0) is 12.1 Å². The summed E-state index contributed by atoms with van der Waals surface area (Å²) < 4.78 is 42.1. The van der Waals surface area contributed by atoms with Crippen molar-refractivity contribution in [2.24, 2.45) is 0 Å². The number of nitrogens with zero attached hydrogens (tertiary/aromatic N) is 1. The Morgan fingerprint density at radius 2 is 1.96 bits per heavy atom. The summed E-state index contributed by atoms with van der Waals surface area (Å²) in [6, 6.07) is 5.09. The highest BCUT2D eigenvalue weighted by Gasteiger charge is 2.32. The fraction of sp³-hybridized carbons (Fsp3) is 0.500. The van der Waals surface area contributed by atoms with Crippen LogP contribution in [0, 0.1) is 0 Å². The Morgan fingerprint density at radius 1 is 1.26 bits per heavy atom. The van der Waals surface area contributed by atoms with E-state index < -0.39 is 22.3 Å². The van der Waals surface area contributed by atoms with Crippen molar-refractivity contribution in [1.82, 2.24) is 0 Å². The van der Waals surface area contributed by atoms with E-state index in [1.807, 2.05) is 0 Å². The van der Waals surface area contributed by atoms with Crippen LogP contribution in [0.4, 0.5) is 10.5 Å². The van der Waals surface area contributed by atoms with E-state index in [1.165, 1.54) is 19.1 Å². The van der Waals surface area contributed by atoms with Crippen LogP contribution in [0.25, 0.3) is 0 Å². The number of carbonyl (C=O) groups excluding carboxylic acids is 1. The quantitative estimate of drug-likeness (QED) is 0.690. The van der Waals surface area contributed by atoms with Crippen LogP contribution in [0.3, 0.4) is 0 Å². The average molecular weight is 345 g/mol. The lowest BCUT2D eigenvalue weighted by atomic mass is 10.2. The molecule has 128 valence electrons. The van der Waals surface area contributed by atoms with Gasteiger partial charge in [0.15, 0.2) is 11.5 Å². The minimum absolute atomic E-state index is 0.0312. The fourth-order valence-corrected chi connectivity index (χ4v) is 2.61. The maximum Gasteiger partial charge on any atom is 0.414 e. The van der Waals surface area contributed by atoms with Crippen molar-refractivity contribution in [1.29, 1.82) is 0 Å². The molecule has 0 aromatic heterocycles. The third-order valence-electron chi connectivity index (χ3n) is 3.29. The van der Waals surface area contributed by atoms with Crippen LogP contribution in [-0.4, -0.2) is 54.2 Å². The van der Waals surface area contributed by atoms with Crippen molar-refractivity contribution in [2.75, 3.05) is 38.5 Å². The van der Waals surface area contributed by atoms with Crippen molar-refractivity contribution >= 4 is 21.9 Å². The lowest BCUT2D eigenvalue weighted by molar-refractivity contribution is 0.126. The first kappa shape index (κ1) is 17.4. The second-order valence-corrected chi connectivity index (χ2v) is 6.61. The summed E-state index contributed by atoms with van der Waals surface area (Å²) in [6.45, 7) is 0.276. The molecule has 1 aliphatic heterocycles. The van der Waals surface area contributed by atoms with Crippen molar-refractivity contribution in [2.45, 2.75) is 12.5 Å². The van der Waals surface area contributed by atoms with E-state index in [2.05, 4.69) is 4.18 Å². The summed E-state index contributed by atoms with van der Waals surface area (Å²) in [5, 5.41) is 0. The molecule has 2 rings (SSSR count). The minimum atomic E-state index is -3.50. The van der Waals surface area contributed by atoms with Crippen LogP contribution in [-0.2, 0) is 19.0 Å². The highest BCUT2D eigenvalue weighted by Crippen LogP contribution is 2.33. The molecule has 1 aliphatic rings. The van der Waals surface area contributed by atoms with Gasteiger partial charge >= 0.3 is 6.09 Å². The van der Waals surface area contributed by atoms with Crippen LogP contribution < -0.4 is 14.4 Å². The number of hydrogen-bond acceptors (Lipinski definition) is 7. The van der Waals surface area contributed by atoms with Gasteiger partial charge in [-0.15, -0.1) is 0 Å². The Kier molecular flexibility index (Phi) is 5.32. The molecule has 1 unspecified atom stereocenters. The maximum absolute atomic E-state index is 12.0. The van der Waals surface area contributed by atoms with E-state index in [9.17, 15) is 13.2 Å². The predicted molar refractivity (Wildman–Crippen MR) is 82.6 cm³/mol. The average Bonchev–Trinajstić information content (AvgIpc) is 2.86. The molecule has 9 heteroatoms. The number of carbonyl (C=O) groups is 1. The second-order valence-electron chi connectivity index (χ2n) is 4.97. The zero-order valence-corrected chi connectivity index (χ0v) is 14.0. The second kappa shape index (κ2) is 7.05. The lowest BCUT2D eigenvalue weighted by Crippen LogP contribution is -2.24. The van der Waals surface area contributed by atoms with Gasteiger partial charge in [-0.3, -0.25) is 9.08 Å². The third kappa shape index (κ3) is 4.49. The van der Waals surface area contributed by atoms with Gasteiger partial charge in [0.1, 0.15) is 6.10 Å². The molecule has 1 fully saturated rings. The van der Waals surface area contributed by atoms with Gasteiger partial charge in [0.25, 0.3) is 10.1 Å².